The number of nitrogens with zero attached hydrogens (tertiary/aromatic N) is 1. The first-order chi connectivity index (χ1) is 7.20. The normalized spacial score (nSPS) is 19.0. The van der Waals surface area contributed by atoms with E-state index in [0.717, 1.165) is 12.6 Å². The average Bonchev–Trinajstić information content (AvgIpc) is 2.78. The Labute approximate surface area is 95.1 Å². The third-order valence-electron chi connectivity index (χ3n) is 3.56. The maximum atomic E-state index is 3.61. The molecule has 0 aromatic heterocycles. The first-order valence-corrected chi connectivity index (χ1v) is 8.00. The molecule has 0 aromatic carbocycles. The zero-order valence-electron chi connectivity index (χ0n) is 10.6. The third-order valence-corrected chi connectivity index (χ3v) is 7.29. The number of nitrogens with one attached hydrogen (secondary N) is 3. The molecule has 0 heterocycles. The molecule has 1 rings (SSSR count). The number of hydrogen-bond acceptors (Lipinski definition) is 4. The van der Waals surface area contributed by atoms with Crippen LogP contribution < -0.4 is 14.9 Å². The zero-order chi connectivity index (χ0) is 11.3. The molecule has 3 N–H and O–H groups in total. The van der Waals surface area contributed by atoms with Crippen LogP contribution in [0.2, 0.25) is 0 Å². The Kier molecular flexibility index (Phi) is 5.21. The standard InChI is InChI=1S/C10H26N4Si/c1-5-13-15(11-2,12-3)14(4)10-8-6-7-9-10/h10-13H,5-9H2,1-4H3. The first-order valence-electron chi connectivity index (χ1n) is 6.06. The summed E-state index contributed by atoms with van der Waals surface area (Å²) in [6, 6.07) is 0.746. The first kappa shape index (κ1) is 13.1. The highest BCUT2D eigenvalue weighted by atomic mass is 28.4. The van der Waals surface area contributed by atoms with Gasteiger partial charge in [0.15, 0.2) is 0 Å². The molecule has 0 radical (unpaired) electrons. The highest BCUT2D eigenvalue weighted by Crippen LogP contribution is 2.23. The van der Waals surface area contributed by atoms with E-state index in [1.807, 2.05) is 0 Å². The number of hydrogen-bond donors (Lipinski definition) is 3. The van der Waals surface area contributed by atoms with Crippen LogP contribution in [0.15, 0.2) is 0 Å². The molecule has 1 aliphatic carbocycles. The summed E-state index contributed by atoms with van der Waals surface area (Å²) in [5.74, 6) is 0. The van der Waals surface area contributed by atoms with Crippen LogP contribution in [0.5, 0.6) is 0 Å². The van der Waals surface area contributed by atoms with Crippen LogP contribution in [0.3, 0.4) is 0 Å². The minimum absolute atomic E-state index is 0.746. The fraction of sp³-hybridized carbons (Fsp3) is 1.00. The van der Waals surface area contributed by atoms with Crippen molar-refractivity contribution in [3.8, 4) is 0 Å². The third kappa shape index (κ3) is 2.79. The van der Waals surface area contributed by atoms with Gasteiger partial charge in [0.25, 0.3) is 0 Å². The van der Waals surface area contributed by atoms with Crippen LogP contribution in [-0.2, 0) is 0 Å². The van der Waals surface area contributed by atoms with Gasteiger partial charge in [-0.3, -0.25) is 4.57 Å². The monoisotopic (exact) mass is 230 g/mol. The average molecular weight is 230 g/mol. The van der Waals surface area contributed by atoms with E-state index in [4.69, 9.17) is 0 Å². The summed E-state index contributed by atoms with van der Waals surface area (Å²) in [6.07, 6.45) is 5.47. The van der Waals surface area contributed by atoms with Crippen molar-refractivity contribution in [1.29, 1.82) is 0 Å². The molecule has 15 heavy (non-hydrogen) atoms. The van der Waals surface area contributed by atoms with Crippen LogP contribution in [0.25, 0.3) is 0 Å². The van der Waals surface area contributed by atoms with Crippen LogP contribution >= 0.6 is 0 Å². The largest absolute Gasteiger partial charge is 0.368 e. The van der Waals surface area contributed by atoms with Crippen molar-refractivity contribution in [2.45, 2.75) is 38.6 Å². The van der Waals surface area contributed by atoms with Crippen molar-refractivity contribution < 1.29 is 0 Å². The van der Waals surface area contributed by atoms with Crippen LogP contribution in [0.4, 0.5) is 0 Å². The lowest BCUT2D eigenvalue weighted by Crippen LogP contribution is -2.80. The van der Waals surface area contributed by atoms with E-state index in [0.29, 0.717) is 0 Å². The van der Waals surface area contributed by atoms with Gasteiger partial charge < -0.3 is 14.9 Å². The summed E-state index contributed by atoms with van der Waals surface area (Å²) in [7, 11) is 4.52. The Hall–Kier alpha value is 0.0569. The summed E-state index contributed by atoms with van der Waals surface area (Å²) >= 11 is 0. The van der Waals surface area contributed by atoms with E-state index in [2.05, 4.69) is 47.6 Å². The van der Waals surface area contributed by atoms with Gasteiger partial charge in [0.05, 0.1) is 0 Å². The zero-order valence-corrected chi connectivity index (χ0v) is 11.6. The second-order valence-corrected chi connectivity index (χ2v) is 7.77. The minimum Gasteiger partial charge on any atom is -0.303 e. The van der Waals surface area contributed by atoms with Gasteiger partial charge in [-0.2, -0.15) is 0 Å². The summed E-state index contributed by atoms with van der Waals surface area (Å²) in [6.45, 7) is 3.17. The molecule has 0 bridgehead atoms. The molecule has 1 saturated carbocycles. The van der Waals surface area contributed by atoms with Crippen molar-refractivity contribution >= 4 is 8.72 Å². The smallest absolute Gasteiger partial charge is 0.303 e. The Morgan fingerprint density at radius 2 is 1.73 bits per heavy atom. The lowest BCUT2D eigenvalue weighted by molar-refractivity contribution is 0.346. The van der Waals surface area contributed by atoms with Crippen LogP contribution in [0, 0.1) is 0 Å². The lowest BCUT2D eigenvalue weighted by Gasteiger charge is -2.41. The summed E-state index contributed by atoms with van der Waals surface area (Å²) in [5, 5.41) is 0. The lowest BCUT2D eigenvalue weighted by atomic mass is 10.3. The molecule has 5 heteroatoms. The summed E-state index contributed by atoms with van der Waals surface area (Å²) in [5.41, 5.74) is 0. The highest BCUT2D eigenvalue weighted by molar-refractivity contribution is 6.69. The van der Waals surface area contributed by atoms with Crippen molar-refractivity contribution in [3.05, 3.63) is 0 Å². The van der Waals surface area contributed by atoms with Crippen molar-refractivity contribution in [1.82, 2.24) is 19.5 Å². The molecule has 0 spiro atoms. The number of rotatable bonds is 6. The van der Waals surface area contributed by atoms with Crippen LogP contribution in [0.1, 0.15) is 32.6 Å². The minimum atomic E-state index is -1.83. The van der Waals surface area contributed by atoms with Gasteiger partial charge in [-0.1, -0.05) is 19.8 Å². The Morgan fingerprint density at radius 3 is 2.13 bits per heavy atom. The van der Waals surface area contributed by atoms with Gasteiger partial charge >= 0.3 is 8.72 Å². The molecule has 1 fully saturated rings. The predicted molar refractivity (Wildman–Crippen MR) is 67.6 cm³/mol. The highest BCUT2D eigenvalue weighted by Gasteiger charge is 2.40. The molecule has 0 aliphatic heterocycles. The van der Waals surface area contributed by atoms with Gasteiger partial charge in [-0.15, -0.1) is 0 Å². The Bertz CT molecular complexity index is 178. The predicted octanol–water partition coefficient (Wildman–Crippen LogP) is 0.345. The van der Waals surface area contributed by atoms with Gasteiger partial charge in [0.2, 0.25) is 0 Å². The molecule has 0 amide bonds. The molecule has 90 valence electrons. The Morgan fingerprint density at radius 1 is 1.20 bits per heavy atom. The van der Waals surface area contributed by atoms with E-state index < -0.39 is 8.72 Å². The molecule has 0 aromatic rings. The second kappa shape index (κ2) is 5.96. The fourth-order valence-corrected chi connectivity index (χ4v) is 5.48. The molecular weight excluding hydrogens is 204 g/mol. The maximum absolute atomic E-state index is 3.61. The molecule has 1 aliphatic rings. The summed E-state index contributed by atoms with van der Waals surface area (Å²) in [4.78, 5) is 10.6. The summed E-state index contributed by atoms with van der Waals surface area (Å²) < 4.78 is 2.53. The maximum Gasteiger partial charge on any atom is 0.368 e. The van der Waals surface area contributed by atoms with E-state index >= 15 is 0 Å². The van der Waals surface area contributed by atoms with E-state index in [1.165, 1.54) is 25.7 Å². The topological polar surface area (TPSA) is 39.3 Å². The molecule has 0 atom stereocenters. The van der Waals surface area contributed by atoms with E-state index in [1.54, 1.807) is 0 Å². The Balaban J connectivity index is 2.67. The van der Waals surface area contributed by atoms with Crippen LogP contribution in [-0.4, -0.2) is 47.0 Å². The SMILES string of the molecule is CCN[Si](NC)(NC)N(C)C1CCCC1. The molecule has 0 unspecified atom stereocenters. The van der Waals surface area contributed by atoms with Gasteiger partial charge in [0.1, 0.15) is 0 Å². The molecule has 4 nitrogen and oxygen atoms in total. The van der Waals surface area contributed by atoms with Crippen molar-refractivity contribution in [3.63, 3.8) is 0 Å². The van der Waals surface area contributed by atoms with Crippen molar-refractivity contribution in [2.75, 3.05) is 27.7 Å². The molecular formula is C10H26N4Si. The van der Waals surface area contributed by atoms with Gasteiger partial charge in [-0.25, -0.2) is 0 Å². The second-order valence-electron chi connectivity index (χ2n) is 4.29. The van der Waals surface area contributed by atoms with Crippen molar-refractivity contribution in [2.24, 2.45) is 0 Å². The van der Waals surface area contributed by atoms with Gasteiger partial charge in [0, 0.05) is 6.04 Å². The van der Waals surface area contributed by atoms with E-state index in [9.17, 15) is 0 Å². The quantitative estimate of drug-likeness (QED) is 0.576. The molecule has 0 saturated heterocycles. The van der Waals surface area contributed by atoms with Gasteiger partial charge in [-0.05, 0) is 40.5 Å². The van der Waals surface area contributed by atoms with E-state index in [-0.39, 0.29) is 0 Å². The fourth-order valence-electron chi connectivity index (χ4n) is 2.60.